The number of carbonyl (C=O) groups excluding carboxylic acids is 1. The maximum atomic E-state index is 14.0. The monoisotopic (exact) mass is 574 g/mol. The van der Waals surface area contributed by atoms with Crippen molar-refractivity contribution in [2.75, 3.05) is 14.2 Å². The lowest BCUT2D eigenvalue weighted by Crippen LogP contribution is -2.38. The van der Waals surface area contributed by atoms with Crippen LogP contribution in [0.5, 0.6) is 5.75 Å². The first-order valence-corrected chi connectivity index (χ1v) is 14.4. The zero-order chi connectivity index (χ0) is 28.8. The van der Waals surface area contributed by atoms with E-state index in [1.54, 1.807) is 37.5 Å². The molecular weight excluding hydrogens is 548 g/mol. The van der Waals surface area contributed by atoms with Crippen molar-refractivity contribution < 1.29 is 18.7 Å². The Hall–Kier alpha value is -4.95. The van der Waals surface area contributed by atoms with Crippen molar-refractivity contribution in [3.05, 3.63) is 138 Å². The summed E-state index contributed by atoms with van der Waals surface area (Å²) >= 11 is 1.36. The molecule has 0 spiro atoms. The molecule has 1 aliphatic carbocycles. The van der Waals surface area contributed by atoms with E-state index in [0.29, 0.717) is 26.4 Å². The van der Waals surface area contributed by atoms with Crippen LogP contribution in [0.25, 0.3) is 23.1 Å². The van der Waals surface area contributed by atoms with Gasteiger partial charge in [-0.15, -0.1) is 0 Å². The Balaban J connectivity index is 1.33. The lowest BCUT2D eigenvalue weighted by molar-refractivity contribution is 0.0600. The van der Waals surface area contributed by atoms with Crippen LogP contribution in [0, 0.1) is 0 Å². The third-order valence-corrected chi connectivity index (χ3v) is 8.78. The number of nitrogens with zero attached hydrogens (tertiary/aromatic N) is 2. The molecule has 7 nitrogen and oxygen atoms in total. The van der Waals surface area contributed by atoms with Gasteiger partial charge in [0.2, 0.25) is 0 Å². The van der Waals surface area contributed by atoms with E-state index in [0.717, 1.165) is 46.6 Å². The number of furan rings is 1. The van der Waals surface area contributed by atoms with Gasteiger partial charge in [-0.3, -0.25) is 9.36 Å². The Bertz CT molecular complexity index is 2050. The zero-order valence-electron chi connectivity index (χ0n) is 23.0. The molecule has 3 aromatic carbocycles. The molecule has 208 valence electrons. The van der Waals surface area contributed by atoms with E-state index in [9.17, 15) is 9.59 Å². The summed E-state index contributed by atoms with van der Waals surface area (Å²) in [5, 5.41) is 0. The molecule has 1 atom stereocenters. The van der Waals surface area contributed by atoms with Crippen LogP contribution < -0.4 is 19.6 Å². The average Bonchev–Trinajstić information content (AvgIpc) is 3.63. The van der Waals surface area contributed by atoms with Gasteiger partial charge in [0.05, 0.1) is 36.1 Å². The first kappa shape index (κ1) is 26.0. The molecule has 0 bridgehead atoms. The molecule has 0 amide bonds. The van der Waals surface area contributed by atoms with Crippen LogP contribution >= 0.6 is 11.3 Å². The maximum Gasteiger partial charge on any atom is 0.337 e. The fourth-order valence-corrected chi connectivity index (χ4v) is 6.69. The average molecular weight is 575 g/mol. The number of thiazole rings is 1. The number of hydrogen-bond donors (Lipinski definition) is 0. The molecular formula is C34H26N2O5S. The number of ether oxygens (including phenoxy) is 2. The van der Waals surface area contributed by atoms with E-state index in [1.807, 2.05) is 47.0 Å². The minimum absolute atomic E-state index is 0.106. The van der Waals surface area contributed by atoms with E-state index in [4.69, 9.17) is 18.9 Å². The molecule has 0 saturated carbocycles. The summed E-state index contributed by atoms with van der Waals surface area (Å²) in [5.41, 5.74) is 6.70. The van der Waals surface area contributed by atoms with Gasteiger partial charge in [0.25, 0.3) is 5.56 Å². The summed E-state index contributed by atoms with van der Waals surface area (Å²) < 4.78 is 18.6. The fraction of sp³-hybridized carbons (Fsp3) is 0.147. The highest BCUT2D eigenvalue weighted by molar-refractivity contribution is 7.07. The molecule has 7 rings (SSSR count). The van der Waals surface area contributed by atoms with Crippen molar-refractivity contribution in [2.45, 2.75) is 18.9 Å². The SMILES string of the molecule is COC(=O)c1ccc(-c2ccc(/C=c3\sc4n(c3=O)[C@H](c3ccc(OC)cc3)C3=C(N=4)c4ccccc4CC3)o2)cc1. The van der Waals surface area contributed by atoms with Crippen molar-refractivity contribution in [3.63, 3.8) is 0 Å². The van der Waals surface area contributed by atoms with Crippen LogP contribution in [0.15, 0.2) is 105 Å². The number of carbonyl (C=O) groups is 1. The van der Waals surface area contributed by atoms with Gasteiger partial charge in [-0.25, -0.2) is 9.79 Å². The lowest BCUT2D eigenvalue weighted by atomic mass is 9.83. The highest BCUT2D eigenvalue weighted by Gasteiger charge is 2.32. The molecule has 1 aliphatic heterocycles. The lowest BCUT2D eigenvalue weighted by Gasteiger charge is -2.30. The highest BCUT2D eigenvalue weighted by atomic mass is 32.1. The summed E-state index contributed by atoms with van der Waals surface area (Å²) in [6, 6.07) is 26.7. The molecule has 0 unspecified atom stereocenters. The Morgan fingerprint density at radius 1 is 0.976 bits per heavy atom. The Kier molecular flexibility index (Phi) is 6.47. The molecule has 42 heavy (non-hydrogen) atoms. The Morgan fingerprint density at radius 3 is 2.52 bits per heavy atom. The molecule has 3 heterocycles. The number of rotatable bonds is 5. The molecule has 0 N–H and O–H groups in total. The van der Waals surface area contributed by atoms with E-state index in [2.05, 4.69) is 18.2 Å². The van der Waals surface area contributed by atoms with Crippen LogP contribution in [0.1, 0.15) is 45.3 Å². The van der Waals surface area contributed by atoms with Crippen LogP contribution in [-0.4, -0.2) is 24.8 Å². The summed E-state index contributed by atoms with van der Waals surface area (Å²) in [6.07, 6.45) is 3.50. The van der Waals surface area contributed by atoms with Crippen molar-refractivity contribution in [1.82, 2.24) is 4.57 Å². The summed E-state index contributed by atoms with van der Waals surface area (Å²) in [6.45, 7) is 0. The van der Waals surface area contributed by atoms with Crippen LogP contribution in [-0.2, 0) is 11.2 Å². The van der Waals surface area contributed by atoms with Crippen molar-refractivity contribution in [1.29, 1.82) is 0 Å². The van der Waals surface area contributed by atoms with Crippen molar-refractivity contribution in [2.24, 2.45) is 4.99 Å². The summed E-state index contributed by atoms with van der Waals surface area (Å²) in [4.78, 5) is 31.5. The van der Waals surface area contributed by atoms with Crippen molar-refractivity contribution in [3.8, 4) is 17.1 Å². The number of benzene rings is 3. The van der Waals surface area contributed by atoms with Gasteiger partial charge in [-0.1, -0.05) is 59.9 Å². The normalized spacial score (nSPS) is 15.9. The quantitative estimate of drug-likeness (QED) is 0.264. The summed E-state index contributed by atoms with van der Waals surface area (Å²) in [7, 11) is 3.00. The second kappa shape index (κ2) is 10.5. The van der Waals surface area contributed by atoms with Crippen LogP contribution in [0.2, 0.25) is 0 Å². The Morgan fingerprint density at radius 2 is 1.76 bits per heavy atom. The minimum atomic E-state index is -0.393. The standard InChI is InChI=1S/C34H26N2O5S/c1-39-24-14-11-22(12-15-24)31-27-17-13-20-5-3-4-6-26(20)30(27)35-34-36(31)32(37)29(42-34)19-25-16-18-28(41-25)21-7-9-23(10-8-21)33(38)40-2/h3-12,14-16,18-19,31H,13,17H2,1-2H3/b29-19-/t31-/m1/s1. The predicted octanol–water partition coefficient (Wildman–Crippen LogP) is 5.37. The topological polar surface area (TPSA) is 83.0 Å². The molecule has 0 fully saturated rings. The fourth-order valence-electron chi connectivity index (χ4n) is 5.71. The first-order valence-electron chi connectivity index (χ1n) is 13.6. The number of hydrogen-bond acceptors (Lipinski definition) is 7. The molecule has 0 radical (unpaired) electrons. The van der Waals surface area contributed by atoms with E-state index >= 15 is 0 Å². The number of aryl methyl sites for hydroxylation is 1. The number of fused-ring (bicyclic) bond motifs is 3. The van der Waals surface area contributed by atoms with Gasteiger partial charge >= 0.3 is 5.97 Å². The van der Waals surface area contributed by atoms with Gasteiger partial charge < -0.3 is 13.9 Å². The zero-order valence-corrected chi connectivity index (χ0v) is 23.8. The third kappa shape index (κ3) is 4.40. The molecule has 2 aromatic heterocycles. The number of methoxy groups -OCH3 is 2. The third-order valence-electron chi connectivity index (χ3n) is 7.80. The second-order valence-electron chi connectivity index (χ2n) is 10.2. The minimum Gasteiger partial charge on any atom is -0.497 e. The second-order valence-corrected chi connectivity index (χ2v) is 11.2. The van der Waals surface area contributed by atoms with Gasteiger partial charge in [0.15, 0.2) is 4.80 Å². The smallest absolute Gasteiger partial charge is 0.337 e. The molecule has 2 aliphatic rings. The largest absolute Gasteiger partial charge is 0.497 e. The van der Waals surface area contributed by atoms with Crippen molar-refractivity contribution >= 4 is 29.1 Å². The first-order chi connectivity index (χ1) is 20.5. The van der Waals surface area contributed by atoms with Gasteiger partial charge in [-0.2, -0.15) is 0 Å². The van der Waals surface area contributed by atoms with E-state index < -0.39 is 5.97 Å². The van der Waals surface area contributed by atoms with Crippen LogP contribution in [0.3, 0.4) is 0 Å². The van der Waals surface area contributed by atoms with E-state index in [-0.39, 0.29) is 11.6 Å². The number of aromatic nitrogens is 1. The Labute approximate surface area is 245 Å². The molecule has 5 aromatic rings. The van der Waals surface area contributed by atoms with Gasteiger partial charge in [-0.05, 0) is 65.9 Å². The summed E-state index contributed by atoms with van der Waals surface area (Å²) in [5.74, 6) is 1.56. The maximum absolute atomic E-state index is 14.0. The molecule has 8 heteroatoms. The predicted molar refractivity (Wildman–Crippen MR) is 161 cm³/mol. The van der Waals surface area contributed by atoms with Crippen LogP contribution in [0.4, 0.5) is 0 Å². The van der Waals surface area contributed by atoms with Gasteiger partial charge in [0, 0.05) is 17.2 Å². The molecule has 0 saturated heterocycles. The highest BCUT2D eigenvalue weighted by Crippen LogP contribution is 2.41. The van der Waals surface area contributed by atoms with E-state index in [1.165, 1.54) is 24.0 Å². The van der Waals surface area contributed by atoms with Gasteiger partial charge in [0.1, 0.15) is 17.3 Å². The number of allylic oxidation sites excluding steroid dienone is 1. The number of esters is 1.